The number of nitrogens with one attached hydrogen (secondary N) is 2. The zero-order valence-corrected chi connectivity index (χ0v) is 23.3. The molecule has 10 nitrogen and oxygen atoms in total. The number of rotatable bonds is 6. The highest BCUT2D eigenvalue weighted by atomic mass is 16.2. The number of carbonyl (C=O) groups is 3. The summed E-state index contributed by atoms with van der Waals surface area (Å²) in [7, 11) is 1.67. The second-order valence-corrected chi connectivity index (χ2v) is 10.0. The van der Waals surface area contributed by atoms with Gasteiger partial charge in [-0.3, -0.25) is 14.4 Å². The number of anilines is 2. The fraction of sp³-hybridized carbons (Fsp3) is 0.258. The number of para-hydroxylation sites is 4. The van der Waals surface area contributed by atoms with Crippen molar-refractivity contribution in [2.24, 2.45) is 0 Å². The number of aromatic nitrogens is 2. The van der Waals surface area contributed by atoms with Gasteiger partial charge in [0.15, 0.2) is 0 Å². The summed E-state index contributed by atoms with van der Waals surface area (Å²) in [6.07, 6.45) is 0. The largest absolute Gasteiger partial charge is 0.341 e. The minimum atomic E-state index is -1.01. The fourth-order valence-corrected chi connectivity index (χ4v) is 5.30. The van der Waals surface area contributed by atoms with Crippen molar-refractivity contribution < 1.29 is 14.4 Å². The van der Waals surface area contributed by atoms with E-state index in [2.05, 4.69) is 16.7 Å². The molecule has 0 fully saturated rings. The van der Waals surface area contributed by atoms with Crippen molar-refractivity contribution in [2.45, 2.75) is 45.4 Å². The van der Waals surface area contributed by atoms with Gasteiger partial charge in [0, 0.05) is 12.3 Å². The van der Waals surface area contributed by atoms with Crippen molar-refractivity contribution in [1.29, 1.82) is 5.26 Å². The number of nitrogens with zero attached hydrogens (tertiary/aromatic N) is 5. The third-order valence-electron chi connectivity index (χ3n) is 7.54. The predicted molar refractivity (Wildman–Crippen MR) is 156 cm³/mol. The first-order chi connectivity index (χ1) is 19.8. The Kier molecular flexibility index (Phi) is 7.55. The molecule has 5 rings (SSSR count). The maximum Gasteiger partial charge on any atom is 0.252 e. The first-order valence-corrected chi connectivity index (χ1v) is 13.4. The van der Waals surface area contributed by atoms with Crippen LogP contribution in [0.3, 0.4) is 0 Å². The van der Waals surface area contributed by atoms with Crippen molar-refractivity contribution in [3.8, 4) is 11.8 Å². The molecule has 1 aromatic heterocycles. The van der Waals surface area contributed by atoms with E-state index in [1.165, 1.54) is 6.92 Å². The summed E-state index contributed by atoms with van der Waals surface area (Å²) in [6.45, 7) is 4.99. The second kappa shape index (κ2) is 11.2. The van der Waals surface area contributed by atoms with E-state index in [0.717, 1.165) is 10.9 Å². The average molecular weight is 550 g/mol. The highest BCUT2D eigenvalue weighted by Crippen LogP contribution is 2.37. The average Bonchev–Trinajstić information content (AvgIpc) is 3.32. The van der Waals surface area contributed by atoms with Crippen LogP contribution in [0, 0.1) is 11.3 Å². The SMILES string of the molecule is CN[C@@H](C)C(=O)N[C@@H]1C(=O)N(Cc2nn(-c3ccccc3C#N)c3ccccc23)c2ccccc2N(C(C)=O)[C@H]1C. The summed E-state index contributed by atoms with van der Waals surface area (Å²) in [6, 6.07) is 22.1. The predicted octanol–water partition coefficient (Wildman–Crippen LogP) is 3.28. The number of carbonyl (C=O) groups excluding carboxylic acids is 3. The molecule has 1 aliphatic heterocycles. The van der Waals surface area contributed by atoms with Crippen LogP contribution >= 0.6 is 0 Å². The Labute approximate surface area is 238 Å². The number of fused-ring (bicyclic) bond motifs is 2. The summed E-state index contributed by atoms with van der Waals surface area (Å²) in [5.74, 6) is -0.959. The Morgan fingerprint density at radius 1 is 1.00 bits per heavy atom. The Balaban J connectivity index is 1.66. The Hall–Kier alpha value is -5.01. The van der Waals surface area contributed by atoms with E-state index < -0.39 is 18.1 Å². The lowest BCUT2D eigenvalue weighted by Gasteiger charge is -2.32. The molecule has 1 aliphatic rings. The third-order valence-corrected chi connectivity index (χ3v) is 7.54. The van der Waals surface area contributed by atoms with Crippen LogP contribution in [0.1, 0.15) is 32.0 Å². The molecule has 10 heteroatoms. The van der Waals surface area contributed by atoms with Gasteiger partial charge >= 0.3 is 0 Å². The van der Waals surface area contributed by atoms with Crippen molar-refractivity contribution in [3.05, 3.63) is 84.1 Å². The van der Waals surface area contributed by atoms with E-state index in [0.29, 0.717) is 28.3 Å². The van der Waals surface area contributed by atoms with Crippen molar-refractivity contribution >= 4 is 40.0 Å². The fourth-order valence-electron chi connectivity index (χ4n) is 5.30. The molecule has 0 bridgehead atoms. The first kappa shape index (κ1) is 27.6. The lowest BCUT2D eigenvalue weighted by molar-refractivity contribution is -0.129. The molecule has 0 spiro atoms. The molecule has 0 saturated heterocycles. The molecule has 0 radical (unpaired) electrons. The molecule has 4 aromatic rings. The number of amides is 3. The highest BCUT2D eigenvalue weighted by Gasteiger charge is 2.41. The van der Waals surface area contributed by atoms with Gasteiger partial charge in [-0.2, -0.15) is 10.4 Å². The van der Waals surface area contributed by atoms with Crippen LogP contribution < -0.4 is 20.4 Å². The molecule has 3 atom stereocenters. The molecule has 41 heavy (non-hydrogen) atoms. The topological polar surface area (TPSA) is 123 Å². The van der Waals surface area contributed by atoms with E-state index in [9.17, 15) is 19.6 Å². The molecule has 208 valence electrons. The van der Waals surface area contributed by atoms with Crippen molar-refractivity contribution in [3.63, 3.8) is 0 Å². The van der Waals surface area contributed by atoms with Crippen LogP contribution in [0.4, 0.5) is 11.4 Å². The van der Waals surface area contributed by atoms with Crippen LogP contribution in [0.15, 0.2) is 72.8 Å². The molecule has 2 heterocycles. The van der Waals surface area contributed by atoms with Crippen LogP contribution in [-0.4, -0.2) is 52.7 Å². The number of likely N-dealkylation sites (N-methyl/N-ethyl adjacent to an activating group) is 1. The molecule has 0 unspecified atom stereocenters. The maximum absolute atomic E-state index is 14.3. The van der Waals surface area contributed by atoms with E-state index in [-0.39, 0.29) is 24.3 Å². The Bertz CT molecular complexity index is 1690. The number of nitriles is 1. The second-order valence-electron chi connectivity index (χ2n) is 10.0. The first-order valence-electron chi connectivity index (χ1n) is 13.4. The van der Waals surface area contributed by atoms with Crippen LogP contribution in [0.25, 0.3) is 16.6 Å². The molecule has 0 saturated carbocycles. The lowest BCUT2D eigenvalue weighted by Crippen LogP contribution is -2.59. The Morgan fingerprint density at radius 2 is 1.63 bits per heavy atom. The van der Waals surface area contributed by atoms with Gasteiger partial charge in [0.2, 0.25) is 11.8 Å². The van der Waals surface area contributed by atoms with Gasteiger partial charge < -0.3 is 20.4 Å². The van der Waals surface area contributed by atoms with Gasteiger partial charge in [0.1, 0.15) is 12.1 Å². The summed E-state index contributed by atoms with van der Waals surface area (Å²) >= 11 is 0. The lowest BCUT2D eigenvalue weighted by atomic mass is 10.1. The molecule has 2 N–H and O–H groups in total. The van der Waals surface area contributed by atoms with Gasteiger partial charge in [-0.25, -0.2) is 4.68 Å². The molecular formula is C31H31N7O3. The zero-order valence-electron chi connectivity index (χ0n) is 23.3. The summed E-state index contributed by atoms with van der Waals surface area (Å²) in [5.41, 5.74) is 3.59. The van der Waals surface area contributed by atoms with Crippen LogP contribution in [-0.2, 0) is 20.9 Å². The van der Waals surface area contributed by atoms with E-state index in [1.807, 2.05) is 48.5 Å². The van der Waals surface area contributed by atoms with Crippen molar-refractivity contribution in [2.75, 3.05) is 16.8 Å². The standard InChI is InChI=1S/C31H31N7O3/c1-19(33-4)30(40)34-29-20(2)37(21(3)39)28-16-10-9-15-27(28)36(31(29)41)18-24-23-12-6-8-14-26(23)38(35-24)25-13-7-5-11-22(25)17-32/h5-16,19-20,29,33H,18H2,1-4H3,(H,34,40)/t19-,20-,29-/m0/s1. The molecule has 3 amide bonds. The summed E-state index contributed by atoms with van der Waals surface area (Å²) < 4.78 is 1.72. The van der Waals surface area contributed by atoms with E-state index in [1.54, 1.807) is 59.6 Å². The van der Waals surface area contributed by atoms with Crippen molar-refractivity contribution in [1.82, 2.24) is 20.4 Å². The monoisotopic (exact) mass is 549 g/mol. The van der Waals surface area contributed by atoms with Crippen LogP contribution in [0.2, 0.25) is 0 Å². The summed E-state index contributed by atoms with van der Waals surface area (Å²) in [4.78, 5) is 43.4. The van der Waals surface area contributed by atoms with Crippen LogP contribution in [0.5, 0.6) is 0 Å². The number of hydrogen-bond acceptors (Lipinski definition) is 6. The van der Waals surface area contributed by atoms with E-state index in [4.69, 9.17) is 5.10 Å². The zero-order chi connectivity index (χ0) is 29.3. The van der Waals surface area contributed by atoms with Gasteiger partial charge in [-0.1, -0.05) is 42.5 Å². The minimum Gasteiger partial charge on any atom is -0.341 e. The van der Waals surface area contributed by atoms with Gasteiger partial charge in [0.25, 0.3) is 5.91 Å². The molecular weight excluding hydrogens is 518 g/mol. The summed E-state index contributed by atoms with van der Waals surface area (Å²) in [5, 5.41) is 21.2. The maximum atomic E-state index is 14.3. The Morgan fingerprint density at radius 3 is 2.32 bits per heavy atom. The van der Waals surface area contributed by atoms with Gasteiger partial charge in [-0.15, -0.1) is 0 Å². The normalized spacial score (nSPS) is 17.5. The number of benzene rings is 3. The third kappa shape index (κ3) is 4.92. The smallest absolute Gasteiger partial charge is 0.252 e. The molecule has 0 aliphatic carbocycles. The van der Waals surface area contributed by atoms with Gasteiger partial charge in [0.05, 0.1) is 52.5 Å². The van der Waals surface area contributed by atoms with Gasteiger partial charge in [-0.05, 0) is 51.2 Å². The minimum absolute atomic E-state index is 0.0739. The van der Waals surface area contributed by atoms with E-state index >= 15 is 0 Å². The number of hydrogen-bond donors (Lipinski definition) is 2. The highest BCUT2D eigenvalue weighted by molar-refractivity contribution is 6.08. The molecule has 3 aromatic carbocycles. The quantitative estimate of drug-likeness (QED) is 0.381.